The molecule has 0 saturated carbocycles. The van der Waals surface area contributed by atoms with Gasteiger partial charge in [-0.1, -0.05) is 13.8 Å². The van der Waals surface area contributed by atoms with Gasteiger partial charge in [0.25, 0.3) is 0 Å². The molecule has 0 aromatic rings. The fourth-order valence-corrected chi connectivity index (χ4v) is 1.58. The van der Waals surface area contributed by atoms with Crippen LogP contribution >= 0.6 is 11.8 Å². The Bertz CT molecular complexity index is 307. The van der Waals surface area contributed by atoms with Crippen LogP contribution < -0.4 is 10.6 Å². The smallest absolute Gasteiger partial charge is 0.313 e. The first-order valence-electron chi connectivity index (χ1n) is 5.69. The minimum absolute atomic E-state index is 0.0358. The summed E-state index contributed by atoms with van der Waals surface area (Å²) in [5, 5.41) is 13.6. The SMILES string of the molecule is CC(C)CNC(=O)C(C)NC(=O)CSCC(=O)O. The standard InChI is InChI=1S/C11H20N2O4S/c1-7(2)4-12-11(17)8(3)13-9(14)5-18-6-10(15)16/h7-8H,4-6H2,1-3H3,(H,12,17)(H,13,14)(H,15,16). The molecule has 0 saturated heterocycles. The van der Waals surface area contributed by atoms with Crippen LogP contribution in [-0.2, 0) is 14.4 Å². The second-order valence-corrected chi connectivity index (χ2v) is 5.30. The van der Waals surface area contributed by atoms with E-state index in [1.165, 1.54) is 0 Å². The van der Waals surface area contributed by atoms with E-state index < -0.39 is 12.0 Å². The summed E-state index contributed by atoms with van der Waals surface area (Å²) >= 11 is 0.998. The molecule has 0 fully saturated rings. The second-order valence-electron chi connectivity index (χ2n) is 4.31. The van der Waals surface area contributed by atoms with Crippen LogP contribution in [0.4, 0.5) is 0 Å². The molecule has 2 amide bonds. The summed E-state index contributed by atoms with van der Waals surface area (Å²) in [4.78, 5) is 33.2. The normalized spacial score (nSPS) is 12.0. The second kappa shape index (κ2) is 8.79. The van der Waals surface area contributed by atoms with Gasteiger partial charge in [-0.05, 0) is 12.8 Å². The van der Waals surface area contributed by atoms with Crippen LogP contribution in [-0.4, -0.2) is 47.0 Å². The number of carboxylic acids is 1. The molecule has 0 aliphatic heterocycles. The number of carboxylic acid groups (broad SMARTS) is 1. The molecule has 0 aromatic carbocycles. The Labute approximate surface area is 111 Å². The molecule has 104 valence electrons. The zero-order chi connectivity index (χ0) is 14.1. The van der Waals surface area contributed by atoms with E-state index in [4.69, 9.17) is 5.11 Å². The van der Waals surface area contributed by atoms with E-state index in [-0.39, 0.29) is 23.3 Å². The van der Waals surface area contributed by atoms with Crippen molar-refractivity contribution < 1.29 is 19.5 Å². The van der Waals surface area contributed by atoms with Crippen LogP contribution in [0.3, 0.4) is 0 Å². The Balaban J connectivity index is 3.84. The van der Waals surface area contributed by atoms with E-state index in [0.717, 1.165) is 11.8 Å². The molecular formula is C11H20N2O4S. The Hall–Kier alpha value is -1.24. The Kier molecular flexibility index (Phi) is 8.19. The predicted octanol–water partition coefficient (Wildman–Crippen LogP) is 0.0811. The fraction of sp³-hybridized carbons (Fsp3) is 0.727. The molecule has 0 bridgehead atoms. The number of thioether (sulfide) groups is 1. The average molecular weight is 276 g/mol. The van der Waals surface area contributed by atoms with Crippen LogP contribution in [0.5, 0.6) is 0 Å². The Morgan fingerprint density at radius 2 is 1.78 bits per heavy atom. The van der Waals surface area contributed by atoms with Crippen molar-refractivity contribution in [1.29, 1.82) is 0 Å². The van der Waals surface area contributed by atoms with Crippen LogP contribution in [0.25, 0.3) is 0 Å². The van der Waals surface area contributed by atoms with Crippen LogP contribution in [0, 0.1) is 5.92 Å². The van der Waals surface area contributed by atoms with E-state index in [2.05, 4.69) is 10.6 Å². The average Bonchev–Trinajstić information content (AvgIpc) is 2.24. The molecule has 0 aliphatic rings. The molecule has 0 aromatic heterocycles. The Morgan fingerprint density at radius 3 is 2.28 bits per heavy atom. The molecule has 7 heteroatoms. The summed E-state index contributed by atoms with van der Waals surface area (Å²) in [5.74, 6) is -1.28. The zero-order valence-corrected chi connectivity index (χ0v) is 11.7. The summed E-state index contributed by atoms with van der Waals surface area (Å²) < 4.78 is 0. The quantitative estimate of drug-likeness (QED) is 0.583. The maximum atomic E-state index is 11.5. The van der Waals surface area contributed by atoms with Gasteiger partial charge in [0.05, 0.1) is 11.5 Å². The first-order chi connectivity index (χ1) is 8.32. The van der Waals surface area contributed by atoms with Gasteiger partial charge in [0, 0.05) is 6.54 Å². The number of hydrogen-bond donors (Lipinski definition) is 3. The molecule has 1 unspecified atom stereocenters. The maximum Gasteiger partial charge on any atom is 0.313 e. The lowest BCUT2D eigenvalue weighted by Gasteiger charge is -2.14. The number of carbonyl (C=O) groups excluding carboxylic acids is 2. The molecule has 3 N–H and O–H groups in total. The molecular weight excluding hydrogens is 256 g/mol. The van der Waals surface area contributed by atoms with E-state index in [1.54, 1.807) is 6.92 Å². The van der Waals surface area contributed by atoms with Gasteiger partial charge >= 0.3 is 5.97 Å². The Morgan fingerprint density at radius 1 is 1.17 bits per heavy atom. The molecule has 0 radical (unpaired) electrons. The summed E-state index contributed by atoms with van der Waals surface area (Å²) in [6.07, 6.45) is 0. The van der Waals surface area contributed by atoms with Crippen molar-refractivity contribution in [2.75, 3.05) is 18.1 Å². The molecule has 0 spiro atoms. The number of rotatable bonds is 8. The molecule has 0 heterocycles. The van der Waals surface area contributed by atoms with Gasteiger partial charge in [0.1, 0.15) is 6.04 Å². The van der Waals surface area contributed by atoms with E-state index in [9.17, 15) is 14.4 Å². The maximum absolute atomic E-state index is 11.5. The molecule has 6 nitrogen and oxygen atoms in total. The van der Waals surface area contributed by atoms with Crippen LogP contribution in [0.1, 0.15) is 20.8 Å². The van der Waals surface area contributed by atoms with Gasteiger partial charge in [0.2, 0.25) is 11.8 Å². The van der Waals surface area contributed by atoms with Crippen LogP contribution in [0.2, 0.25) is 0 Å². The number of amides is 2. The summed E-state index contributed by atoms with van der Waals surface area (Å²) in [6.45, 7) is 6.11. The minimum atomic E-state index is -0.962. The van der Waals surface area contributed by atoms with Gasteiger partial charge in [-0.15, -0.1) is 11.8 Å². The van der Waals surface area contributed by atoms with Crippen LogP contribution in [0.15, 0.2) is 0 Å². The highest BCUT2D eigenvalue weighted by molar-refractivity contribution is 8.00. The largest absolute Gasteiger partial charge is 0.481 e. The third kappa shape index (κ3) is 8.86. The predicted molar refractivity (Wildman–Crippen MR) is 70.4 cm³/mol. The highest BCUT2D eigenvalue weighted by atomic mass is 32.2. The third-order valence-corrected chi connectivity index (χ3v) is 2.83. The van der Waals surface area contributed by atoms with Gasteiger partial charge < -0.3 is 15.7 Å². The first-order valence-corrected chi connectivity index (χ1v) is 6.85. The number of nitrogens with one attached hydrogen (secondary N) is 2. The lowest BCUT2D eigenvalue weighted by molar-refractivity contribution is -0.134. The van der Waals surface area contributed by atoms with Gasteiger partial charge in [-0.2, -0.15) is 0 Å². The topological polar surface area (TPSA) is 95.5 Å². The summed E-state index contributed by atoms with van der Waals surface area (Å²) in [7, 11) is 0. The molecule has 18 heavy (non-hydrogen) atoms. The van der Waals surface area contributed by atoms with Crippen molar-refractivity contribution in [3.05, 3.63) is 0 Å². The van der Waals surface area contributed by atoms with Gasteiger partial charge in [0.15, 0.2) is 0 Å². The van der Waals surface area contributed by atoms with E-state index >= 15 is 0 Å². The van der Waals surface area contributed by atoms with Crippen molar-refractivity contribution in [3.8, 4) is 0 Å². The van der Waals surface area contributed by atoms with Crippen molar-refractivity contribution >= 4 is 29.5 Å². The number of hydrogen-bond acceptors (Lipinski definition) is 4. The lowest BCUT2D eigenvalue weighted by atomic mass is 10.2. The monoisotopic (exact) mass is 276 g/mol. The zero-order valence-electron chi connectivity index (χ0n) is 10.9. The molecule has 0 rings (SSSR count). The van der Waals surface area contributed by atoms with E-state index in [0.29, 0.717) is 12.5 Å². The first kappa shape index (κ1) is 16.8. The fourth-order valence-electron chi connectivity index (χ4n) is 1.04. The number of aliphatic carboxylic acids is 1. The molecule has 0 aliphatic carbocycles. The van der Waals surface area contributed by atoms with Crippen molar-refractivity contribution in [2.24, 2.45) is 5.92 Å². The van der Waals surface area contributed by atoms with Gasteiger partial charge in [-0.3, -0.25) is 14.4 Å². The summed E-state index contributed by atoms with van der Waals surface area (Å²) in [6, 6.07) is -0.610. The van der Waals surface area contributed by atoms with E-state index in [1.807, 2.05) is 13.8 Å². The van der Waals surface area contributed by atoms with Crippen molar-refractivity contribution in [3.63, 3.8) is 0 Å². The summed E-state index contributed by atoms with van der Waals surface area (Å²) in [5.41, 5.74) is 0. The van der Waals surface area contributed by atoms with Crippen molar-refractivity contribution in [1.82, 2.24) is 10.6 Å². The lowest BCUT2D eigenvalue weighted by Crippen LogP contribution is -2.46. The van der Waals surface area contributed by atoms with Crippen molar-refractivity contribution in [2.45, 2.75) is 26.8 Å². The van der Waals surface area contributed by atoms with Gasteiger partial charge in [-0.25, -0.2) is 0 Å². The minimum Gasteiger partial charge on any atom is -0.481 e. The third-order valence-electron chi connectivity index (χ3n) is 1.91. The highest BCUT2D eigenvalue weighted by Gasteiger charge is 2.15. The highest BCUT2D eigenvalue weighted by Crippen LogP contribution is 1.98. The number of carbonyl (C=O) groups is 3. The molecule has 1 atom stereocenters.